The molecule has 0 saturated heterocycles. The summed E-state index contributed by atoms with van der Waals surface area (Å²) in [7, 11) is 1.65. The van der Waals surface area contributed by atoms with Crippen LogP contribution in [-0.2, 0) is 4.74 Å². The van der Waals surface area contributed by atoms with Crippen LogP contribution in [-0.4, -0.2) is 32.0 Å². The zero-order chi connectivity index (χ0) is 13.0. The Kier molecular flexibility index (Phi) is 4.69. The minimum Gasteiger partial charge on any atom is -0.486 e. The molecule has 1 aliphatic rings. The van der Waals surface area contributed by atoms with Gasteiger partial charge in [0.05, 0.1) is 11.1 Å². The molecule has 0 spiro atoms. The van der Waals surface area contributed by atoms with E-state index in [1.165, 1.54) is 0 Å². The number of halogens is 1. The SMILES string of the molecule is COCCCC(O)c1cc(Cl)c2c(c1)OCCO2. The molecule has 1 aromatic carbocycles. The zero-order valence-corrected chi connectivity index (χ0v) is 11.1. The molecule has 0 aliphatic carbocycles. The summed E-state index contributed by atoms with van der Waals surface area (Å²) >= 11 is 6.11. The van der Waals surface area contributed by atoms with Gasteiger partial charge in [-0.25, -0.2) is 0 Å². The number of aliphatic hydroxyl groups is 1. The average molecular weight is 273 g/mol. The van der Waals surface area contributed by atoms with Gasteiger partial charge in [0.1, 0.15) is 13.2 Å². The summed E-state index contributed by atoms with van der Waals surface area (Å²) in [5.74, 6) is 1.17. The number of methoxy groups -OCH3 is 1. The van der Waals surface area contributed by atoms with Crippen LogP contribution in [0.2, 0.25) is 5.02 Å². The molecule has 1 unspecified atom stereocenters. The van der Waals surface area contributed by atoms with Crippen molar-refractivity contribution in [2.75, 3.05) is 26.9 Å². The third kappa shape index (κ3) is 3.07. The lowest BCUT2D eigenvalue weighted by Gasteiger charge is -2.21. The third-order valence-corrected chi connectivity index (χ3v) is 3.11. The Morgan fingerprint density at radius 3 is 2.94 bits per heavy atom. The molecule has 1 aromatic rings. The minimum atomic E-state index is -0.562. The second-order valence-corrected chi connectivity index (χ2v) is 4.58. The van der Waals surface area contributed by atoms with Crippen molar-refractivity contribution in [3.05, 3.63) is 22.7 Å². The van der Waals surface area contributed by atoms with Gasteiger partial charge in [0.2, 0.25) is 0 Å². The standard InChI is InChI=1S/C13H17ClO4/c1-16-4-2-3-11(15)9-7-10(14)13-12(8-9)17-5-6-18-13/h7-8,11,15H,2-6H2,1H3. The van der Waals surface area contributed by atoms with E-state index >= 15 is 0 Å². The minimum absolute atomic E-state index is 0.480. The number of hydrogen-bond donors (Lipinski definition) is 1. The van der Waals surface area contributed by atoms with Crippen LogP contribution in [0.4, 0.5) is 0 Å². The fourth-order valence-electron chi connectivity index (χ4n) is 1.91. The van der Waals surface area contributed by atoms with Crippen LogP contribution in [0, 0.1) is 0 Å². The van der Waals surface area contributed by atoms with Gasteiger partial charge in [-0.1, -0.05) is 11.6 Å². The highest BCUT2D eigenvalue weighted by molar-refractivity contribution is 6.32. The lowest BCUT2D eigenvalue weighted by Crippen LogP contribution is -2.16. The van der Waals surface area contributed by atoms with Crippen LogP contribution in [0.3, 0.4) is 0 Å². The molecule has 1 N–H and O–H groups in total. The first-order chi connectivity index (χ1) is 8.72. The van der Waals surface area contributed by atoms with Crippen LogP contribution >= 0.6 is 11.6 Å². The number of rotatable bonds is 5. The molecule has 0 aromatic heterocycles. The monoisotopic (exact) mass is 272 g/mol. The fraction of sp³-hybridized carbons (Fsp3) is 0.538. The molecule has 2 rings (SSSR count). The molecule has 0 radical (unpaired) electrons. The van der Waals surface area contributed by atoms with Crippen LogP contribution < -0.4 is 9.47 Å². The maximum absolute atomic E-state index is 10.1. The first-order valence-electron chi connectivity index (χ1n) is 5.98. The first-order valence-corrected chi connectivity index (χ1v) is 6.36. The summed E-state index contributed by atoms with van der Waals surface area (Å²) in [6.45, 7) is 1.64. The van der Waals surface area contributed by atoms with Crippen molar-refractivity contribution in [1.29, 1.82) is 0 Å². The van der Waals surface area contributed by atoms with E-state index < -0.39 is 6.10 Å². The number of benzene rings is 1. The Balaban J connectivity index is 2.11. The van der Waals surface area contributed by atoms with Gasteiger partial charge < -0.3 is 19.3 Å². The second-order valence-electron chi connectivity index (χ2n) is 4.18. The van der Waals surface area contributed by atoms with Gasteiger partial charge in [-0.05, 0) is 30.5 Å². The van der Waals surface area contributed by atoms with Crippen molar-refractivity contribution in [1.82, 2.24) is 0 Å². The van der Waals surface area contributed by atoms with Crippen molar-refractivity contribution < 1.29 is 19.3 Å². The molecule has 5 heteroatoms. The molecule has 1 atom stereocenters. The molecule has 1 aliphatic heterocycles. The second kappa shape index (κ2) is 6.27. The Morgan fingerprint density at radius 2 is 2.17 bits per heavy atom. The van der Waals surface area contributed by atoms with Gasteiger partial charge in [-0.3, -0.25) is 0 Å². The lowest BCUT2D eigenvalue weighted by molar-refractivity contribution is 0.134. The Morgan fingerprint density at radius 1 is 1.39 bits per heavy atom. The first kappa shape index (κ1) is 13.5. The highest BCUT2D eigenvalue weighted by Crippen LogP contribution is 2.40. The number of aliphatic hydroxyl groups excluding tert-OH is 1. The molecule has 18 heavy (non-hydrogen) atoms. The quantitative estimate of drug-likeness (QED) is 0.837. The highest BCUT2D eigenvalue weighted by atomic mass is 35.5. The predicted octanol–water partition coefficient (Wildman–Crippen LogP) is 2.57. The third-order valence-electron chi connectivity index (χ3n) is 2.83. The molecule has 0 bridgehead atoms. The lowest BCUT2D eigenvalue weighted by atomic mass is 10.0. The fourth-order valence-corrected chi connectivity index (χ4v) is 2.18. The van der Waals surface area contributed by atoms with Crippen molar-refractivity contribution in [3.8, 4) is 11.5 Å². The highest BCUT2D eigenvalue weighted by Gasteiger charge is 2.19. The topological polar surface area (TPSA) is 47.9 Å². The zero-order valence-electron chi connectivity index (χ0n) is 10.3. The Labute approximate surface area is 111 Å². The van der Waals surface area contributed by atoms with Crippen molar-refractivity contribution in [2.24, 2.45) is 0 Å². The van der Waals surface area contributed by atoms with E-state index in [4.69, 9.17) is 25.8 Å². The van der Waals surface area contributed by atoms with Crippen LogP contribution in [0.15, 0.2) is 12.1 Å². The van der Waals surface area contributed by atoms with Crippen LogP contribution in [0.5, 0.6) is 11.5 Å². The smallest absolute Gasteiger partial charge is 0.179 e. The molecule has 0 saturated carbocycles. The maximum Gasteiger partial charge on any atom is 0.179 e. The van der Waals surface area contributed by atoms with E-state index in [9.17, 15) is 5.11 Å². The largest absolute Gasteiger partial charge is 0.486 e. The van der Waals surface area contributed by atoms with Gasteiger partial charge in [-0.2, -0.15) is 0 Å². The number of ether oxygens (including phenoxy) is 3. The summed E-state index contributed by atoms with van der Waals surface area (Å²) in [4.78, 5) is 0. The summed E-state index contributed by atoms with van der Waals surface area (Å²) in [6, 6.07) is 3.52. The number of hydrogen-bond acceptors (Lipinski definition) is 4. The molecule has 4 nitrogen and oxygen atoms in total. The van der Waals surface area contributed by atoms with Crippen molar-refractivity contribution in [2.45, 2.75) is 18.9 Å². The van der Waals surface area contributed by atoms with E-state index in [0.29, 0.717) is 42.8 Å². The molecular formula is C13H17ClO4. The van der Waals surface area contributed by atoms with Gasteiger partial charge in [0, 0.05) is 13.7 Å². The van der Waals surface area contributed by atoms with E-state index in [0.717, 1.165) is 12.0 Å². The van der Waals surface area contributed by atoms with E-state index in [2.05, 4.69) is 0 Å². The van der Waals surface area contributed by atoms with Gasteiger partial charge in [0.25, 0.3) is 0 Å². The molecule has 0 amide bonds. The molecular weight excluding hydrogens is 256 g/mol. The van der Waals surface area contributed by atoms with Gasteiger partial charge in [0.15, 0.2) is 11.5 Å². The van der Waals surface area contributed by atoms with Crippen molar-refractivity contribution in [3.63, 3.8) is 0 Å². The molecule has 100 valence electrons. The normalized spacial score (nSPS) is 15.5. The summed E-state index contributed by atoms with van der Waals surface area (Å²) in [5, 5.41) is 10.5. The van der Waals surface area contributed by atoms with E-state index in [1.54, 1.807) is 19.2 Å². The summed E-state index contributed by atoms with van der Waals surface area (Å²) in [6.07, 6.45) is 0.863. The summed E-state index contributed by atoms with van der Waals surface area (Å²) in [5.41, 5.74) is 0.750. The van der Waals surface area contributed by atoms with E-state index in [1.807, 2.05) is 0 Å². The summed E-state index contributed by atoms with van der Waals surface area (Å²) < 4.78 is 15.9. The number of fused-ring (bicyclic) bond motifs is 1. The maximum atomic E-state index is 10.1. The van der Waals surface area contributed by atoms with Crippen molar-refractivity contribution >= 4 is 11.6 Å². The van der Waals surface area contributed by atoms with Crippen LogP contribution in [0.25, 0.3) is 0 Å². The van der Waals surface area contributed by atoms with Gasteiger partial charge in [-0.15, -0.1) is 0 Å². The Bertz CT molecular complexity index is 408. The van der Waals surface area contributed by atoms with Gasteiger partial charge >= 0.3 is 0 Å². The molecule has 0 fully saturated rings. The predicted molar refractivity (Wildman–Crippen MR) is 68.5 cm³/mol. The van der Waals surface area contributed by atoms with Crippen LogP contribution in [0.1, 0.15) is 24.5 Å². The Hall–Kier alpha value is -0.970. The van der Waals surface area contributed by atoms with E-state index in [-0.39, 0.29) is 0 Å². The average Bonchev–Trinajstić information content (AvgIpc) is 2.39. The molecule has 1 heterocycles.